The Balaban J connectivity index is 2.94. The van der Waals surface area contributed by atoms with E-state index < -0.39 is 6.29 Å². The Hall–Kier alpha value is -1.37. The van der Waals surface area contributed by atoms with Gasteiger partial charge in [0.05, 0.1) is 11.6 Å². The molecule has 0 saturated heterocycles. The van der Waals surface area contributed by atoms with E-state index >= 15 is 0 Å². The second-order valence-electron chi connectivity index (χ2n) is 2.94. The fraction of sp³-hybridized carbons (Fsp3) is 0.417. The van der Waals surface area contributed by atoms with Crippen molar-refractivity contribution in [2.75, 3.05) is 13.2 Å². The molecule has 0 aliphatic heterocycles. The zero-order chi connectivity index (χ0) is 11.1. The number of nitrogens with zero attached hydrogens (tertiary/aromatic N) is 1. The van der Waals surface area contributed by atoms with Crippen molar-refractivity contribution in [1.82, 2.24) is 0 Å². The summed E-state index contributed by atoms with van der Waals surface area (Å²) in [6, 6.07) is 9.46. The van der Waals surface area contributed by atoms with E-state index in [0.29, 0.717) is 18.8 Å². The Kier molecular flexibility index (Phi) is 4.82. The molecule has 0 unspecified atom stereocenters. The van der Waals surface area contributed by atoms with Gasteiger partial charge in [-0.25, -0.2) is 0 Å². The average Bonchev–Trinajstić information content (AvgIpc) is 2.29. The molecule has 0 radical (unpaired) electrons. The summed E-state index contributed by atoms with van der Waals surface area (Å²) in [5.41, 5.74) is 1.40. The predicted octanol–water partition coefficient (Wildman–Crippen LogP) is 2.63. The molecule has 1 aromatic rings. The number of nitriles is 1. The third kappa shape index (κ3) is 3.05. The molecule has 0 saturated carbocycles. The molecular weight excluding hydrogens is 190 g/mol. The molecule has 80 valence electrons. The lowest BCUT2D eigenvalue weighted by atomic mass is 10.1. The molecule has 0 spiro atoms. The lowest BCUT2D eigenvalue weighted by Gasteiger charge is -2.17. The van der Waals surface area contributed by atoms with Crippen LogP contribution in [0.2, 0.25) is 0 Å². The molecule has 0 fully saturated rings. The van der Waals surface area contributed by atoms with Gasteiger partial charge in [0.15, 0.2) is 6.29 Å². The van der Waals surface area contributed by atoms with Gasteiger partial charge in [-0.3, -0.25) is 0 Å². The summed E-state index contributed by atoms with van der Waals surface area (Å²) < 4.78 is 10.9. The van der Waals surface area contributed by atoms with Gasteiger partial charge in [-0.15, -0.1) is 0 Å². The Morgan fingerprint density at radius 3 is 2.33 bits per heavy atom. The molecule has 0 heterocycles. The Labute approximate surface area is 90.2 Å². The summed E-state index contributed by atoms with van der Waals surface area (Å²) in [6.07, 6.45) is -0.434. The Morgan fingerprint density at radius 2 is 1.80 bits per heavy atom. The number of ether oxygens (including phenoxy) is 2. The summed E-state index contributed by atoms with van der Waals surface area (Å²) in [7, 11) is 0. The van der Waals surface area contributed by atoms with E-state index in [0.717, 1.165) is 5.56 Å². The molecule has 0 amide bonds. The largest absolute Gasteiger partial charge is 0.349 e. The first-order valence-electron chi connectivity index (χ1n) is 5.05. The van der Waals surface area contributed by atoms with E-state index in [-0.39, 0.29) is 0 Å². The highest BCUT2D eigenvalue weighted by Crippen LogP contribution is 2.22. The summed E-state index contributed by atoms with van der Waals surface area (Å²) in [4.78, 5) is 0. The minimum Gasteiger partial charge on any atom is -0.349 e. The van der Waals surface area contributed by atoms with E-state index in [1.54, 1.807) is 6.07 Å². The fourth-order valence-corrected chi connectivity index (χ4v) is 1.33. The number of hydrogen-bond donors (Lipinski definition) is 0. The Morgan fingerprint density at radius 1 is 1.20 bits per heavy atom. The molecule has 0 aliphatic rings. The van der Waals surface area contributed by atoms with Crippen molar-refractivity contribution in [2.24, 2.45) is 0 Å². The highest BCUT2D eigenvalue weighted by Gasteiger charge is 2.14. The minimum atomic E-state index is -0.434. The van der Waals surface area contributed by atoms with Gasteiger partial charge in [-0.2, -0.15) is 5.26 Å². The second kappa shape index (κ2) is 6.18. The number of benzene rings is 1. The molecule has 1 rings (SSSR count). The van der Waals surface area contributed by atoms with Crippen LogP contribution in [0.25, 0.3) is 0 Å². The van der Waals surface area contributed by atoms with Gasteiger partial charge >= 0.3 is 0 Å². The van der Waals surface area contributed by atoms with Crippen LogP contribution in [0.5, 0.6) is 0 Å². The molecule has 3 nitrogen and oxygen atoms in total. The van der Waals surface area contributed by atoms with Gasteiger partial charge < -0.3 is 9.47 Å². The zero-order valence-electron chi connectivity index (χ0n) is 9.06. The van der Waals surface area contributed by atoms with E-state index in [1.807, 2.05) is 32.0 Å². The van der Waals surface area contributed by atoms with Crippen molar-refractivity contribution in [1.29, 1.82) is 5.26 Å². The fourth-order valence-electron chi connectivity index (χ4n) is 1.33. The molecule has 0 bridgehead atoms. The topological polar surface area (TPSA) is 42.2 Å². The van der Waals surface area contributed by atoms with Crippen molar-refractivity contribution in [2.45, 2.75) is 20.1 Å². The van der Waals surface area contributed by atoms with Crippen LogP contribution in [0.3, 0.4) is 0 Å². The molecule has 1 aromatic carbocycles. The van der Waals surface area contributed by atoms with E-state index in [1.165, 1.54) is 0 Å². The smallest absolute Gasteiger partial charge is 0.185 e. The van der Waals surface area contributed by atoms with Gasteiger partial charge in [0, 0.05) is 18.8 Å². The minimum absolute atomic E-state index is 0.434. The van der Waals surface area contributed by atoms with E-state index in [9.17, 15) is 0 Å². The maximum Gasteiger partial charge on any atom is 0.185 e. The molecule has 0 atom stereocenters. The van der Waals surface area contributed by atoms with Crippen molar-refractivity contribution in [3.8, 4) is 6.07 Å². The van der Waals surface area contributed by atoms with Crippen molar-refractivity contribution >= 4 is 0 Å². The highest BCUT2D eigenvalue weighted by atomic mass is 16.7. The van der Waals surface area contributed by atoms with Gasteiger partial charge in [-0.1, -0.05) is 18.2 Å². The summed E-state index contributed by atoms with van der Waals surface area (Å²) in [5.74, 6) is 0. The first-order valence-corrected chi connectivity index (χ1v) is 5.05. The molecule has 0 N–H and O–H groups in total. The standard InChI is InChI=1S/C12H15NO2/c1-3-14-12(15-4-2)11-8-6-5-7-10(11)9-13/h5-8,12H,3-4H2,1-2H3. The van der Waals surface area contributed by atoms with E-state index in [4.69, 9.17) is 14.7 Å². The summed E-state index contributed by atoms with van der Waals surface area (Å²) >= 11 is 0. The second-order valence-corrected chi connectivity index (χ2v) is 2.94. The van der Waals surface area contributed by atoms with Crippen LogP contribution < -0.4 is 0 Å². The average molecular weight is 205 g/mol. The molecular formula is C12H15NO2. The van der Waals surface area contributed by atoms with Crippen LogP contribution in [0, 0.1) is 11.3 Å². The van der Waals surface area contributed by atoms with Gasteiger partial charge in [0.1, 0.15) is 0 Å². The van der Waals surface area contributed by atoms with Crippen molar-refractivity contribution in [3.63, 3.8) is 0 Å². The highest BCUT2D eigenvalue weighted by molar-refractivity contribution is 5.38. The monoisotopic (exact) mass is 205 g/mol. The van der Waals surface area contributed by atoms with Crippen LogP contribution in [-0.2, 0) is 9.47 Å². The van der Waals surface area contributed by atoms with Crippen LogP contribution in [-0.4, -0.2) is 13.2 Å². The third-order valence-corrected chi connectivity index (χ3v) is 1.97. The van der Waals surface area contributed by atoms with Crippen molar-refractivity contribution < 1.29 is 9.47 Å². The van der Waals surface area contributed by atoms with Crippen molar-refractivity contribution in [3.05, 3.63) is 35.4 Å². The molecule has 0 aliphatic carbocycles. The number of hydrogen-bond acceptors (Lipinski definition) is 3. The molecule has 3 heteroatoms. The summed E-state index contributed by atoms with van der Waals surface area (Å²) in [6.45, 7) is 4.93. The third-order valence-electron chi connectivity index (χ3n) is 1.97. The van der Waals surface area contributed by atoms with Gasteiger partial charge in [0.2, 0.25) is 0 Å². The lowest BCUT2D eigenvalue weighted by molar-refractivity contribution is -0.140. The van der Waals surface area contributed by atoms with Crippen LogP contribution in [0.1, 0.15) is 31.3 Å². The predicted molar refractivity (Wildman–Crippen MR) is 57.2 cm³/mol. The normalized spacial score (nSPS) is 10.3. The SMILES string of the molecule is CCOC(OCC)c1ccccc1C#N. The van der Waals surface area contributed by atoms with E-state index in [2.05, 4.69) is 6.07 Å². The van der Waals surface area contributed by atoms with Crippen LogP contribution >= 0.6 is 0 Å². The van der Waals surface area contributed by atoms with Crippen LogP contribution in [0.4, 0.5) is 0 Å². The first-order chi connectivity index (χ1) is 7.33. The lowest BCUT2D eigenvalue weighted by Crippen LogP contribution is -2.10. The molecule has 15 heavy (non-hydrogen) atoms. The quantitative estimate of drug-likeness (QED) is 0.694. The Bertz CT molecular complexity index is 338. The first kappa shape index (κ1) is 11.7. The molecule has 0 aromatic heterocycles. The van der Waals surface area contributed by atoms with Gasteiger partial charge in [0.25, 0.3) is 0 Å². The van der Waals surface area contributed by atoms with Gasteiger partial charge in [-0.05, 0) is 19.9 Å². The maximum absolute atomic E-state index is 8.94. The number of rotatable bonds is 5. The van der Waals surface area contributed by atoms with Crippen LogP contribution in [0.15, 0.2) is 24.3 Å². The summed E-state index contributed by atoms with van der Waals surface area (Å²) in [5, 5.41) is 8.94. The maximum atomic E-state index is 8.94. The zero-order valence-corrected chi connectivity index (χ0v) is 9.06.